The van der Waals surface area contributed by atoms with Gasteiger partial charge in [0.25, 0.3) is 0 Å². The average Bonchev–Trinajstić information content (AvgIpc) is 2.79. The highest BCUT2D eigenvalue weighted by Gasteiger charge is 2.17. The van der Waals surface area contributed by atoms with Crippen LogP contribution in [0.25, 0.3) is 10.6 Å². The van der Waals surface area contributed by atoms with Crippen molar-refractivity contribution in [3.63, 3.8) is 0 Å². The van der Waals surface area contributed by atoms with E-state index in [2.05, 4.69) is 24.1 Å². The molecule has 2 aromatic rings. The second-order valence-corrected chi connectivity index (χ2v) is 6.45. The quantitative estimate of drug-likeness (QED) is 0.875. The minimum absolute atomic E-state index is 0.301. The van der Waals surface area contributed by atoms with Crippen LogP contribution in [0.15, 0.2) is 18.2 Å². The van der Waals surface area contributed by atoms with E-state index in [-0.39, 0.29) is 5.82 Å². The first-order valence-electron chi connectivity index (χ1n) is 7.02. The predicted molar refractivity (Wildman–Crippen MR) is 85.3 cm³/mol. The van der Waals surface area contributed by atoms with Gasteiger partial charge in [0, 0.05) is 11.4 Å². The van der Waals surface area contributed by atoms with Gasteiger partial charge < -0.3 is 10.1 Å². The van der Waals surface area contributed by atoms with E-state index in [0.717, 1.165) is 23.7 Å². The summed E-state index contributed by atoms with van der Waals surface area (Å²) in [5.41, 5.74) is 1.39. The van der Waals surface area contributed by atoms with Gasteiger partial charge >= 0.3 is 0 Å². The van der Waals surface area contributed by atoms with Crippen LogP contribution < -0.4 is 10.1 Å². The standard InChI is InChI=1S/C16H21FN2OS/c1-10(2)8-18-9-14-11(3)19-16(21-14)15-12(17)6-5-7-13(15)20-4/h5-7,10,18H,8-9H2,1-4H3. The maximum absolute atomic E-state index is 14.1. The summed E-state index contributed by atoms with van der Waals surface area (Å²) in [5.74, 6) is 0.819. The molecule has 3 nitrogen and oxygen atoms in total. The molecule has 1 N–H and O–H groups in total. The Kier molecular flexibility index (Phi) is 5.31. The van der Waals surface area contributed by atoms with Gasteiger partial charge in [-0.05, 0) is 31.5 Å². The minimum atomic E-state index is -0.301. The maximum Gasteiger partial charge on any atom is 0.137 e. The Morgan fingerprint density at radius 3 is 2.81 bits per heavy atom. The van der Waals surface area contributed by atoms with Gasteiger partial charge in [-0.1, -0.05) is 19.9 Å². The molecule has 0 saturated carbocycles. The van der Waals surface area contributed by atoms with Crippen molar-refractivity contribution in [3.05, 3.63) is 34.6 Å². The van der Waals surface area contributed by atoms with Crippen molar-refractivity contribution < 1.29 is 9.13 Å². The maximum atomic E-state index is 14.1. The molecule has 2 rings (SSSR count). The Bertz CT molecular complexity index is 610. The van der Waals surface area contributed by atoms with Crippen molar-refractivity contribution in [2.24, 2.45) is 5.92 Å². The van der Waals surface area contributed by atoms with Crippen LogP contribution in [0.2, 0.25) is 0 Å². The summed E-state index contributed by atoms with van der Waals surface area (Å²) in [6, 6.07) is 4.83. The van der Waals surface area contributed by atoms with Crippen LogP contribution >= 0.6 is 11.3 Å². The largest absolute Gasteiger partial charge is 0.496 e. The van der Waals surface area contributed by atoms with E-state index in [9.17, 15) is 4.39 Å². The van der Waals surface area contributed by atoms with E-state index in [1.54, 1.807) is 19.2 Å². The summed E-state index contributed by atoms with van der Waals surface area (Å²) in [4.78, 5) is 5.64. The van der Waals surface area contributed by atoms with Crippen molar-refractivity contribution >= 4 is 11.3 Å². The third-order valence-corrected chi connectivity index (χ3v) is 4.31. The summed E-state index contributed by atoms with van der Waals surface area (Å²) >= 11 is 1.51. The van der Waals surface area contributed by atoms with Crippen LogP contribution in [0.4, 0.5) is 4.39 Å². The van der Waals surface area contributed by atoms with E-state index < -0.39 is 0 Å². The molecule has 114 valence electrons. The minimum Gasteiger partial charge on any atom is -0.496 e. The molecule has 21 heavy (non-hydrogen) atoms. The van der Waals surface area contributed by atoms with Gasteiger partial charge in [0.05, 0.1) is 18.4 Å². The van der Waals surface area contributed by atoms with E-state index in [4.69, 9.17) is 4.74 Å². The van der Waals surface area contributed by atoms with Gasteiger partial charge in [-0.25, -0.2) is 9.37 Å². The van der Waals surface area contributed by atoms with Gasteiger partial charge in [-0.2, -0.15) is 0 Å². The number of hydrogen-bond donors (Lipinski definition) is 1. The Morgan fingerprint density at radius 2 is 2.14 bits per heavy atom. The van der Waals surface area contributed by atoms with Crippen molar-refractivity contribution in [1.82, 2.24) is 10.3 Å². The predicted octanol–water partition coefficient (Wildman–Crippen LogP) is 4.01. The molecule has 0 saturated heterocycles. The third-order valence-electron chi connectivity index (χ3n) is 3.14. The molecule has 1 aromatic carbocycles. The summed E-state index contributed by atoms with van der Waals surface area (Å²) in [6.07, 6.45) is 0. The van der Waals surface area contributed by atoms with Crippen molar-refractivity contribution in [2.45, 2.75) is 27.3 Å². The fourth-order valence-corrected chi connectivity index (χ4v) is 3.14. The number of aromatic nitrogens is 1. The van der Waals surface area contributed by atoms with Gasteiger partial charge in [0.2, 0.25) is 0 Å². The highest BCUT2D eigenvalue weighted by molar-refractivity contribution is 7.15. The fourth-order valence-electron chi connectivity index (χ4n) is 2.06. The molecule has 0 aliphatic rings. The SMILES string of the molecule is COc1cccc(F)c1-c1nc(C)c(CNCC(C)C)s1. The zero-order valence-electron chi connectivity index (χ0n) is 12.9. The summed E-state index contributed by atoms with van der Waals surface area (Å²) in [7, 11) is 1.55. The average molecular weight is 308 g/mol. The third kappa shape index (κ3) is 3.80. The zero-order chi connectivity index (χ0) is 15.4. The molecule has 0 spiro atoms. The lowest BCUT2D eigenvalue weighted by Crippen LogP contribution is -2.18. The summed E-state index contributed by atoms with van der Waals surface area (Å²) < 4.78 is 19.3. The number of thiazole rings is 1. The van der Waals surface area contributed by atoms with Gasteiger partial charge in [-0.15, -0.1) is 11.3 Å². The summed E-state index contributed by atoms with van der Waals surface area (Å²) in [6.45, 7) is 8.01. The zero-order valence-corrected chi connectivity index (χ0v) is 13.7. The molecular formula is C16H21FN2OS. The van der Waals surface area contributed by atoms with Crippen molar-refractivity contribution in [3.8, 4) is 16.3 Å². The molecule has 0 aliphatic heterocycles. The lowest BCUT2D eigenvalue weighted by Gasteiger charge is -2.06. The van der Waals surface area contributed by atoms with E-state index in [1.165, 1.54) is 17.4 Å². The first-order valence-corrected chi connectivity index (χ1v) is 7.84. The van der Waals surface area contributed by atoms with Crippen LogP contribution in [0.3, 0.4) is 0 Å². The molecule has 0 fully saturated rings. The lowest BCUT2D eigenvalue weighted by molar-refractivity contribution is 0.413. The molecule has 0 unspecified atom stereocenters. The van der Waals surface area contributed by atoms with Crippen LogP contribution in [0.1, 0.15) is 24.4 Å². The molecular weight excluding hydrogens is 287 g/mol. The number of nitrogens with one attached hydrogen (secondary N) is 1. The Labute approximate surface area is 129 Å². The van der Waals surface area contributed by atoms with E-state index >= 15 is 0 Å². The number of methoxy groups -OCH3 is 1. The molecule has 0 bridgehead atoms. The second kappa shape index (κ2) is 7.00. The molecule has 0 aliphatic carbocycles. The summed E-state index contributed by atoms with van der Waals surface area (Å²) in [5, 5.41) is 4.07. The number of rotatable bonds is 6. The normalized spacial score (nSPS) is 11.1. The van der Waals surface area contributed by atoms with Crippen LogP contribution in [-0.2, 0) is 6.54 Å². The first kappa shape index (κ1) is 15.9. The topological polar surface area (TPSA) is 34.1 Å². The Hall–Kier alpha value is -1.46. The molecule has 1 aromatic heterocycles. The van der Waals surface area contributed by atoms with Crippen molar-refractivity contribution in [1.29, 1.82) is 0 Å². The van der Waals surface area contributed by atoms with Gasteiger partial charge in [-0.3, -0.25) is 0 Å². The first-order chi connectivity index (χ1) is 10.0. The smallest absolute Gasteiger partial charge is 0.137 e. The molecule has 5 heteroatoms. The number of aryl methyl sites for hydroxylation is 1. The highest BCUT2D eigenvalue weighted by atomic mass is 32.1. The number of benzene rings is 1. The van der Waals surface area contributed by atoms with Crippen LogP contribution in [0, 0.1) is 18.7 Å². The molecule has 1 heterocycles. The fraction of sp³-hybridized carbons (Fsp3) is 0.438. The van der Waals surface area contributed by atoms with Crippen LogP contribution in [0.5, 0.6) is 5.75 Å². The number of hydrogen-bond acceptors (Lipinski definition) is 4. The molecule has 0 atom stereocenters. The van der Waals surface area contributed by atoms with Crippen molar-refractivity contribution in [2.75, 3.05) is 13.7 Å². The Morgan fingerprint density at radius 1 is 1.38 bits per heavy atom. The number of ether oxygens (including phenoxy) is 1. The monoisotopic (exact) mass is 308 g/mol. The molecule has 0 amide bonds. The van der Waals surface area contributed by atoms with Gasteiger partial charge in [0.1, 0.15) is 16.6 Å². The highest BCUT2D eigenvalue weighted by Crippen LogP contribution is 2.36. The number of halogens is 1. The van der Waals surface area contributed by atoms with Crippen LogP contribution in [-0.4, -0.2) is 18.6 Å². The van der Waals surface area contributed by atoms with Gasteiger partial charge in [0.15, 0.2) is 0 Å². The Balaban J connectivity index is 2.26. The van der Waals surface area contributed by atoms with E-state index in [1.807, 2.05) is 6.92 Å². The van der Waals surface area contributed by atoms with E-state index in [0.29, 0.717) is 22.2 Å². The lowest BCUT2D eigenvalue weighted by atomic mass is 10.2. The molecule has 0 radical (unpaired) electrons. The second-order valence-electron chi connectivity index (χ2n) is 5.37. The number of nitrogens with zero attached hydrogens (tertiary/aromatic N) is 1.